The summed E-state index contributed by atoms with van der Waals surface area (Å²) in [6.45, 7) is 6.19. The van der Waals surface area contributed by atoms with Gasteiger partial charge in [0, 0.05) is 19.8 Å². The van der Waals surface area contributed by atoms with E-state index in [1.807, 2.05) is 6.92 Å². The fraction of sp³-hybridized carbons (Fsp3) is 1.00. The van der Waals surface area contributed by atoms with Crippen LogP contribution in [0.15, 0.2) is 0 Å². The summed E-state index contributed by atoms with van der Waals surface area (Å²) in [5, 5.41) is 0. The average Bonchev–Trinajstić information content (AvgIpc) is 2.87. The predicted octanol–water partition coefficient (Wildman–Crippen LogP) is 1.22. The van der Waals surface area contributed by atoms with Crippen LogP contribution in [0.4, 0.5) is 0 Å². The summed E-state index contributed by atoms with van der Waals surface area (Å²) in [4.78, 5) is 0. The quantitative estimate of drug-likeness (QED) is 0.409. The molecule has 3 heteroatoms. The Bertz CT molecular complexity index is 102. The first kappa shape index (κ1) is 9.96. The third-order valence-electron chi connectivity index (χ3n) is 1.74. The van der Waals surface area contributed by atoms with Crippen molar-refractivity contribution in [1.82, 2.24) is 0 Å². The monoisotopic (exact) mass is 174 g/mol. The number of ether oxygens (including phenoxy) is 3. The van der Waals surface area contributed by atoms with Crippen molar-refractivity contribution in [2.45, 2.75) is 25.9 Å². The van der Waals surface area contributed by atoms with Crippen LogP contribution in [0.5, 0.6) is 0 Å². The van der Waals surface area contributed by atoms with Crippen molar-refractivity contribution in [3.8, 4) is 0 Å². The number of rotatable bonds is 8. The minimum Gasteiger partial charge on any atom is -0.382 e. The second-order valence-corrected chi connectivity index (χ2v) is 2.93. The molecular weight excluding hydrogens is 156 g/mol. The summed E-state index contributed by atoms with van der Waals surface area (Å²) in [6, 6.07) is 0. The van der Waals surface area contributed by atoms with Gasteiger partial charge >= 0.3 is 0 Å². The number of hydrogen-bond acceptors (Lipinski definition) is 3. The zero-order chi connectivity index (χ0) is 8.65. The van der Waals surface area contributed by atoms with Crippen molar-refractivity contribution >= 4 is 0 Å². The van der Waals surface area contributed by atoms with Crippen molar-refractivity contribution in [2.24, 2.45) is 0 Å². The van der Waals surface area contributed by atoms with E-state index in [4.69, 9.17) is 14.2 Å². The third kappa shape index (κ3) is 5.52. The molecule has 1 unspecified atom stereocenters. The predicted molar refractivity (Wildman–Crippen MR) is 46.3 cm³/mol. The van der Waals surface area contributed by atoms with Crippen molar-refractivity contribution in [1.29, 1.82) is 0 Å². The number of hydrogen-bond donors (Lipinski definition) is 0. The van der Waals surface area contributed by atoms with Gasteiger partial charge < -0.3 is 14.2 Å². The lowest BCUT2D eigenvalue weighted by atomic mass is 10.3. The molecule has 3 nitrogen and oxygen atoms in total. The van der Waals surface area contributed by atoms with Crippen LogP contribution in [0.2, 0.25) is 0 Å². The van der Waals surface area contributed by atoms with Gasteiger partial charge in [-0.1, -0.05) is 0 Å². The number of unbranched alkanes of at least 4 members (excludes halogenated alkanes) is 1. The molecule has 1 atom stereocenters. The van der Waals surface area contributed by atoms with Gasteiger partial charge in [0.1, 0.15) is 6.10 Å². The molecule has 0 radical (unpaired) electrons. The zero-order valence-corrected chi connectivity index (χ0v) is 7.75. The maximum atomic E-state index is 5.36. The Hall–Kier alpha value is -0.120. The van der Waals surface area contributed by atoms with Gasteiger partial charge in [0.25, 0.3) is 0 Å². The minimum atomic E-state index is 0.400. The topological polar surface area (TPSA) is 31.0 Å². The first-order chi connectivity index (χ1) is 5.93. The Morgan fingerprint density at radius 1 is 1.25 bits per heavy atom. The van der Waals surface area contributed by atoms with Crippen LogP contribution in [-0.2, 0) is 14.2 Å². The van der Waals surface area contributed by atoms with Gasteiger partial charge in [-0.3, -0.25) is 0 Å². The summed E-state index contributed by atoms with van der Waals surface area (Å²) in [7, 11) is 0. The Kier molecular flexibility index (Phi) is 5.32. The third-order valence-corrected chi connectivity index (χ3v) is 1.74. The summed E-state index contributed by atoms with van der Waals surface area (Å²) >= 11 is 0. The molecule has 0 aromatic heterocycles. The summed E-state index contributed by atoms with van der Waals surface area (Å²) in [6.07, 6.45) is 2.59. The van der Waals surface area contributed by atoms with Crippen molar-refractivity contribution < 1.29 is 14.2 Å². The van der Waals surface area contributed by atoms with Crippen LogP contribution < -0.4 is 0 Å². The van der Waals surface area contributed by atoms with Gasteiger partial charge in [0.15, 0.2) is 0 Å². The highest BCUT2D eigenvalue weighted by Gasteiger charge is 2.21. The molecule has 0 aliphatic carbocycles. The smallest absolute Gasteiger partial charge is 0.104 e. The van der Waals surface area contributed by atoms with E-state index in [1.54, 1.807) is 0 Å². The second-order valence-electron chi connectivity index (χ2n) is 2.93. The van der Waals surface area contributed by atoms with Crippen LogP contribution in [0, 0.1) is 0 Å². The Morgan fingerprint density at radius 3 is 2.50 bits per heavy atom. The van der Waals surface area contributed by atoms with E-state index in [0.29, 0.717) is 6.10 Å². The van der Waals surface area contributed by atoms with Crippen LogP contribution in [0.3, 0.4) is 0 Å². The van der Waals surface area contributed by atoms with E-state index in [1.165, 1.54) is 0 Å². The van der Waals surface area contributed by atoms with Gasteiger partial charge in [0.2, 0.25) is 0 Å². The van der Waals surface area contributed by atoms with E-state index in [2.05, 4.69) is 0 Å². The number of epoxide rings is 1. The lowest BCUT2D eigenvalue weighted by Crippen LogP contribution is -2.03. The Labute approximate surface area is 74.0 Å². The first-order valence-corrected chi connectivity index (χ1v) is 4.70. The molecule has 0 amide bonds. The molecule has 12 heavy (non-hydrogen) atoms. The maximum absolute atomic E-state index is 5.36. The molecule has 0 N–H and O–H groups in total. The Balaban J connectivity index is 1.65. The molecular formula is C9H18O3. The molecule has 0 spiro atoms. The van der Waals surface area contributed by atoms with Crippen LogP contribution in [0.1, 0.15) is 19.8 Å². The van der Waals surface area contributed by atoms with E-state index in [0.717, 1.165) is 45.9 Å². The molecule has 1 fully saturated rings. The minimum absolute atomic E-state index is 0.400. The molecule has 72 valence electrons. The maximum Gasteiger partial charge on any atom is 0.104 e. The lowest BCUT2D eigenvalue weighted by molar-refractivity contribution is 0.0979. The first-order valence-electron chi connectivity index (χ1n) is 4.70. The van der Waals surface area contributed by atoms with E-state index >= 15 is 0 Å². The highest BCUT2D eigenvalue weighted by atomic mass is 16.6. The van der Waals surface area contributed by atoms with E-state index in [9.17, 15) is 0 Å². The fourth-order valence-corrected chi connectivity index (χ4v) is 0.932. The molecule has 0 bridgehead atoms. The van der Waals surface area contributed by atoms with E-state index in [-0.39, 0.29) is 0 Å². The molecule has 1 aliphatic rings. The Morgan fingerprint density at radius 2 is 1.92 bits per heavy atom. The molecule has 1 aliphatic heterocycles. The van der Waals surface area contributed by atoms with Crippen LogP contribution in [-0.4, -0.2) is 39.1 Å². The van der Waals surface area contributed by atoms with Gasteiger partial charge in [-0.25, -0.2) is 0 Å². The second kappa shape index (κ2) is 6.40. The van der Waals surface area contributed by atoms with E-state index < -0.39 is 0 Å². The van der Waals surface area contributed by atoms with Gasteiger partial charge in [-0.15, -0.1) is 0 Å². The summed E-state index contributed by atoms with van der Waals surface area (Å²) < 4.78 is 15.6. The summed E-state index contributed by atoms with van der Waals surface area (Å²) in [5.74, 6) is 0. The van der Waals surface area contributed by atoms with Crippen LogP contribution in [0.25, 0.3) is 0 Å². The van der Waals surface area contributed by atoms with Gasteiger partial charge in [-0.05, 0) is 19.8 Å². The standard InChI is InChI=1S/C9H18O3/c1-2-10-5-3-4-6-11-7-9-8-12-9/h9H,2-8H2,1H3. The normalized spacial score (nSPS) is 21.2. The lowest BCUT2D eigenvalue weighted by Gasteiger charge is -2.02. The van der Waals surface area contributed by atoms with Crippen LogP contribution >= 0.6 is 0 Å². The van der Waals surface area contributed by atoms with Gasteiger partial charge in [0.05, 0.1) is 13.2 Å². The highest BCUT2D eigenvalue weighted by Crippen LogP contribution is 2.08. The summed E-state index contributed by atoms with van der Waals surface area (Å²) in [5.41, 5.74) is 0. The largest absolute Gasteiger partial charge is 0.382 e. The SMILES string of the molecule is CCOCCCCOCC1CO1. The van der Waals surface area contributed by atoms with Crippen molar-refractivity contribution in [3.63, 3.8) is 0 Å². The van der Waals surface area contributed by atoms with Crippen molar-refractivity contribution in [2.75, 3.05) is 33.0 Å². The average molecular weight is 174 g/mol. The molecule has 0 aromatic rings. The molecule has 0 aromatic carbocycles. The molecule has 1 rings (SSSR count). The van der Waals surface area contributed by atoms with Crippen molar-refractivity contribution in [3.05, 3.63) is 0 Å². The molecule has 1 heterocycles. The highest BCUT2D eigenvalue weighted by molar-refractivity contribution is 4.66. The van der Waals surface area contributed by atoms with Gasteiger partial charge in [-0.2, -0.15) is 0 Å². The fourth-order valence-electron chi connectivity index (χ4n) is 0.932. The molecule has 0 saturated carbocycles. The molecule has 1 saturated heterocycles. The zero-order valence-electron chi connectivity index (χ0n) is 7.75.